The molecule has 1 aromatic rings. The number of para-hydroxylation sites is 1. The lowest BCUT2D eigenvalue weighted by Gasteiger charge is -2.16. The van der Waals surface area contributed by atoms with Gasteiger partial charge in [0.25, 0.3) is 0 Å². The Kier molecular flexibility index (Phi) is 3.59. The molecule has 0 unspecified atom stereocenters. The number of nitrogens with one attached hydrogen (secondary N) is 1. The van der Waals surface area contributed by atoms with E-state index in [1.165, 1.54) is 6.21 Å². The predicted molar refractivity (Wildman–Crippen MR) is 66.2 cm³/mol. The number of amidine groups is 1. The van der Waals surface area contributed by atoms with E-state index in [-0.39, 0.29) is 6.10 Å². The quantitative estimate of drug-likeness (QED) is 0.467. The minimum atomic E-state index is -0.134. The number of hydrogen-bond donors (Lipinski definition) is 2. The van der Waals surface area contributed by atoms with Crippen LogP contribution < -0.4 is 10.1 Å². The molecule has 0 fully saturated rings. The number of aliphatic imine (C=N–C) groups is 1. The molecule has 90 valence electrons. The summed E-state index contributed by atoms with van der Waals surface area (Å²) in [5.41, 5.74) is 0.737. The fourth-order valence-electron chi connectivity index (χ4n) is 1.69. The lowest BCUT2D eigenvalue weighted by molar-refractivity contribution is 0.283. The Morgan fingerprint density at radius 2 is 2.35 bits per heavy atom. The van der Waals surface area contributed by atoms with E-state index in [9.17, 15) is 0 Å². The van der Waals surface area contributed by atoms with E-state index in [4.69, 9.17) is 9.94 Å². The van der Waals surface area contributed by atoms with Gasteiger partial charge in [-0.2, -0.15) is 0 Å². The van der Waals surface area contributed by atoms with Gasteiger partial charge in [0.15, 0.2) is 6.10 Å². The van der Waals surface area contributed by atoms with E-state index < -0.39 is 0 Å². The Bertz CT molecular complexity index is 443. The van der Waals surface area contributed by atoms with Gasteiger partial charge in [-0.3, -0.25) is 4.99 Å². The maximum absolute atomic E-state index is 8.57. The van der Waals surface area contributed by atoms with Gasteiger partial charge in [-0.1, -0.05) is 17.3 Å². The molecule has 0 saturated carbocycles. The number of benzene rings is 1. The van der Waals surface area contributed by atoms with Gasteiger partial charge in [0.1, 0.15) is 11.6 Å². The molecule has 1 aromatic carbocycles. The summed E-state index contributed by atoms with van der Waals surface area (Å²) in [7, 11) is 0. The van der Waals surface area contributed by atoms with Crippen molar-refractivity contribution in [3.8, 4) is 5.75 Å². The number of ether oxygens (including phenoxy) is 1. The third-order valence-electron chi connectivity index (χ3n) is 2.50. The number of rotatable bonds is 4. The van der Waals surface area contributed by atoms with E-state index in [2.05, 4.69) is 15.5 Å². The van der Waals surface area contributed by atoms with Gasteiger partial charge in [-0.15, -0.1) is 0 Å². The number of oxime groups is 1. The van der Waals surface area contributed by atoms with Crippen molar-refractivity contribution in [1.29, 1.82) is 0 Å². The van der Waals surface area contributed by atoms with Crippen LogP contribution in [0.2, 0.25) is 0 Å². The molecule has 0 radical (unpaired) electrons. The first-order valence-corrected chi connectivity index (χ1v) is 5.52. The van der Waals surface area contributed by atoms with E-state index >= 15 is 0 Å². The Morgan fingerprint density at radius 3 is 3.06 bits per heavy atom. The highest BCUT2D eigenvalue weighted by Gasteiger charge is 2.16. The second-order valence-electron chi connectivity index (χ2n) is 3.74. The molecular weight excluding hydrogens is 218 g/mol. The van der Waals surface area contributed by atoms with Crippen LogP contribution in [-0.4, -0.2) is 36.5 Å². The molecule has 1 aliphatic heterocycles. The molecule has 1 aliphatic rings. The minimum Gasteiger partial charge on any atom is -0.482 e. The predicted octanol–water partition coefficient (Wildman–Crippen LogP) is 1.26. The molecule has 0 aromatic heterocycles. The molecule has 5 nitrogen and oxygen atoms in total. The zero-order valence-electron chi connectivity index (χ0n) is 9.63. The van der Waals surface area contributed by atoms with Gasteiger partial charge in [-0.25, -0.2) is 0 Å². The van der Waals surface area contributed by atoms with Crippen LogP contribution in [0, 0.1) is 0 Å². The van der Waals surface area contributed by atoms with Gasteiger partial charge >= 0.3 is 0 Å². The van der Waals surface area contributed by atoms with Crippen molar-refractivity contribution >= 4 is 12.1 Å². The second kappa shape index (κ2) is 5.34. The van der Waals surface area contributed by atoms with Crippen LogP contribution >= 0.6 is 0 Å². The van der Waals surface area contributed by atoms with Gasteiger partial charge in [0.2, 0.25) is 0 Å². The summed E-state index contributed by atoms with van der Waals surface area (Å²) in [4.78, 5) is 4.30. The summed E-state index contributed by atoms with van der Waals surface area (Å²) in [5.74, 6) is 1.54. The third kappa shape index (κ3) is 2.75. The van der Waals surface area contributed by atoms with Gasteiger partial charge < -0.3 is 15.3 Å². The number of nitrogens with zero attached hydrogens (tertiary/aromatic N) is 2. The topological polar surface area (TPSA) is 66.2 Å². The molecule has 0 bridgehead atoms. The van der Waals surface area contributed by atoms with Gasteiger partial charge in [0, 0.05) is 12.1 Å². The second-order valence-corrected chi connectivity index (χ2v) is 3.74. The molecule has 0 spiro atoms. The monoisotopic (exact) mass is 233 g/mol. The first kappa shape index (κ1) is 11.4. The van der Waals surface area contributed by atoms with E-state index in [0.29, 0.717) is 5.75 Å². The lowest BCUT2D eigenvalue weighted by atomic mass is 10.2. The van der Waals surface area contributed by atoms with Crippen molar-refractivity contribution in [2.75, 3.05) is 13.1 Å². The molecule has 2 rings (SSSR count). The van der Waals surface area contributed by atoms with Gasteiger partial charge in [0.05, 0.1) is 12.8 Å². The smallest absolute Gasteiger partial charge is 0.152 e. The lowest BCUT2D eigenvalue weighted by Crippen LogP contribution is -2.33. The molecule has 0 saturated heterocycles. The van der Waals surface area contributed by atoms with E-state index in [1.54, 1.807) is 0 Å². The summed E-state index contributed by atoms with van der Waals surface area (Å²) < 4.78 is 5.79. The summed E-state index contributed by atoms with van der Waals surface area (Å²) in [6, 6.07) is 7.40. The zero-order valence-corrected chi connectivity index (χ0v) is 9.63. The van der Waals surface area contributed by atoms with E-state index in [1.807, 2.05) is 31.2 Å². The normalized spacial score (nSPS) is 16.6. The molecular formula is C12H15N3O2. The van der Waals surface area contributed by atoms with Crippen LogP contribution in [0.25, 0.3) is 0 Å². The largest absolute Gasteiger partial charge is 0.482 e. The Labute approximate surface area is 99.8 Å². The summed E-state index contributed by atoms with van der Waals surface area (Å²) >= 11 is 0. The van der Waals surface area contributed by atoms with Crippen molar-refractivity contribution in [1.82, 2.24) is 5.32 Å². The van der Waals surface area contributed by atoms with Crippen molar-refractivity contribution in [2.24, 2.45) is 10.1 Å². The van der Waals surface area contributed by atoms with E-state index in [0.717, 1.165) is 24.5 Å². The molecule has 2 N–H and O–H groups in total. The summed E-state index contributed by atoms with van der Waals surface area (Å²) in [5, 5.41) is 14.8. The summed E-state index contributed by atoms with van der Waals surface area (Å²) in [6.45, 7) is 3.59. The minimum absolute atomic E-state index is 0.134. The molecule has 0 aliphatic carbocycles. The fourth-order valence-corrected chi connectivity index (χ4v) is 1.69. The molecule has 0 amide bonds. The average molecular weight is 233 g/mol. The first-order chi connectivity index (χ1) is 8.31. The van der Waals surface area contributed by atoms with Crippen LogP contribution in [0.3, 0.4) is 0 Å². The summed E-state index contributed by atoms with van der Waals surface area (Å²) in [6.07, 6.45) is 1.22. The highest BCUT2D eigenvalue weighted by molar-refractivity contribution is 5.88. The van der Waals surface area contributed by atoms with Crippen molar-refractivity contribution in [3.05, 3.63) is 29.8 Å². The van der Waals surface area contributed by atoms with Crippen LogP contribution in [0.1, 0.15) is 12.5 Å². The Morgan fingerprint density at radius 1 is 1.53 bits per heavy atom. The number of hydrogen-bond acceptors (Lipinski definition) is 5. The Hall–Kier alpha value is -2.04. The van der Waals surface area contributed by atoms with Crippen LogP contribution in [-0.2, 0) is 0 Å². The molecule has 1 atom stereocenters. The standard InChI is InChI=1S/C12H15N3O2/c1-9(12-13-6-7-14-12)17-11-5-3-2-4-10(11)8-15-16/h2-5,8-9,16H,6-7H2,1H3,(H,13,14)/b15-8-/t9-/m1/s1. The third-order valence-corrected chi connectivity index (χ3v) is 2.50. The fraction of sp³-hybridized carbons (Fsp3) is 0.333. The maximum atomic E-state index is 8.57. The van der Waals surface area contributed by atoms with Gasteiger partial charge in [-0.05, 0) is 19.1 Å². The zero-order chi connectivity index (χ0) is 12.1. The molecule has 5 heteroatoms. The van der Waals surface area contributed by atoms with Crippen molar-refractivity contribution in [2.45, 2.75) is 13.0 Å². The SMILES string of the molecule is C[C@@H](Oc1ccccc1/C=N\O)C1=NCCN1. The highest BCUT2D eigenvalue weighted by atomic mass is 16.5. The maximum Gasteiger partial charge on any atom is 0.152 e. The van der Waals surface area contributed by atoms with Crippen molar-refractivity contribution in [3.63, 3.8) is 0 Å². The first-order valence-electron chi connectivity index (χ1n) is 5.52. The van der Waals surface area contributed by atoms with Crippen molar-refractivity contribution < 1.29 is 9.94 Å². The average Bonchev–Trinajstić information content (AvgIpc) is 2.85. The van der Waals surface area contributed by atoms with Crippen LogP contribution in [0.5, 0.6) is 5.75 Å². The molecule has 17 heavy (non-hydrogen) atoms. The highest BCUT2D eigenvalue weighted by Crippen LogP contribution is 2.18. The van der Waals surface area contributed by atoms with Crippen LogP contribution in [0.15, 0.2) is 34.4 Å². The Balaban J connectivity index is 2.12. The van der Waals surface area contributed by atoms with Crippen LogP contribution in [0.4, 0.5) is 0 Å². The molecule has 1 heterocycles.